The molecule has 1 aromatic carbocycles. The Balaban J connectivity index is 2.24. The van der Waals surface area contributed by atoms with E-state index in [2.05, 4.69) is 16.9 Å². The molecule has 0 spiro atoms. The first-order valence-corrected chi connectivity index (χ1v) is 5.65. The van der Waals surface area contributed by atoms with Crippen molar-refractivity contribution in [3.8, 4) is 11.8 Å². The highest BCUT2D eigenvalue weighted by Gasteiger charge is 2.02. The van der Waals surface area contributed by atoms with E-state index in [1.165, 1.54) is 6.07 Å². The molecule has 0 saturated heterocycles. The van der Waals surface area contributed by atoms with Crippen LogP contribution in [0.5, 0.6) is 0 Å². The van der Waals surface area contributed by atoms with Crippen LogP contribution in [-0.2, 0) is 6.54 Å². The van der Waals surface area contributed by atoms with Gasteiger partial charge < -0.3 is 5.73 Å². The van der Waals surface area contributed by atoms with Crippen LogP contribution in [0.3, 0.4) is 0 Å². The summed E-state index contributed by atoms with van der Waals surface area (Å²) in [6.45, 7) is 2.81. The molecule has 3 nitrogen and oxygen atoms in total. The fourth-order valence-electron chi connectivity index (χ4n) is 1.65. The third-order valence-corrected chi connectivity index (χ3v) is 2.46. The Morgan fingerprint density at radius 3 is 2.94 bits per heavy atom. The van der Waals surface area contributed by atoms with Gasteiger partial charge >= 0.3 is 0 Å². The van der Waals surface area contributed by atoms with Gasteiger partial charge in [0.15, 0.2) is 0 Å². The van der Waals surface area contributed by atoms with Gasteiger partial charge in [0.25, 0.3) is 0 Å². The van der Waals surface area contributed by atoms with Gasteiger partial charge in [-0.25, -0.2) is 4.39 Å². The summed E-state index contributed by atoms with van der Waals surface area (Å²) in [4.78, 5) is 0. The second-order valence-corrected chi connectivity index (χ2v) is 4.04. The van der Waals surface area contributed by atoms with Gasteiger partial charge in [-0.05, 0) is 30.2 Å². The molecule has 2 aromatic rings. The second-order valence-electron chi connectivity index (χ2n) is 4.04. The molecule has 0 aliphatic heterocycles. The van der Waals surface area contributed by atoms with E-state index in [4.69, 9.17) is 5.73 Å². The van der Waals surface area contributed by atoms with E-state index in [0.29, 0.717) is 12.1 Å². The van der Waals surface area contributed by atoms with Gasteiger partial charge in [0, 0.05) is 6.20 Å². The summed E-state index contributed by atoms with van der Waals surface area (Å²) < 4.78 is 15.3. The standard InChI is InChI=1S/C14H14FN3/c1-11-8-17-18(9-11)10-12-4-5-14(15)13(7-12)3-2-6-16/h4-5,7-9H,6,10,16H2,1H3. The zero-order valence-corrected chi connectivity index (χ0v) is 10.2. The van der Waals surface area contributed by atoms with Crippen molar-refractivity contribution in [2.24, 2.45) is 5.73 Å². The normalized spacial score (nSPS) is 9.94. The molecule has 0 bridgehead atoms. The smallest absolute Gasteiger partial charge is 0.138 e. The molecule has 0 radical (unpaired) electrons. The molecule has 1 heterocycles. The number of hydrogen-bond donors (Lipinski definition) is 1. The van der Waals surface area contributed by atoms with Crippen LogP contribution in [0.4, 0.5) is 4.39 Å². The molecule has 0 fully saturated rings. The maximum atomic E-state index is 13.5. The Hall–Kier alpha value is -2.12. The monoisotopic (exact) mass is 243 g/mol. The average Bonchev–Trinajstić information content (AvgIpc) is 2.75. The first-order chi connectivity index (χ1) is 8.69. The molecule has 0 aliphatic carbocycles. The first kappa shape index (κ1) is 12.3. The Labute approximate surface area is 105 Å². The molecule has 0 aliphatic rings. The van der Waals surface area contributed by atoms with Crippen LogP contribution < -0.4 is 5.73 Å². The van der Waals surface area contributed by atoms with Crippen molar-refractivity contribution in [2.45, 2.75) is 13.5 Å². The third-order valence-electron chi connectivity index (χ3n) is 2.46. The van der Waals surface area contributed by atoms with Crippen LogP contribution in [0.2, 0.25) is 0 Å². The summed E-state index contributed by atoms with van der Waals surface area (Å²) in [6, 6.07) is 4.89. The summed E-state index contributed by atoms with van der Waals surface area (Å²) in [6.07, 6.45) is 3.73. The second kappa shape index (κ2) is 5.48. The van der Waals surface area contributed by atoms with Crippen molar-refractivity contribution in [3.63, 3.8) is 0 Å². The van der Waals surface area contributed by atoms with Gasteiger partial charge in [-0.3, -0.25) is 4.68 Å². The van der Waals surface area contributed by atoms with Crippen LogP contribution in [0, 0.1) is 24.6 Å². The van der Waals surface area contributed by atoms with E-state index in [0.717, 1.165) is 11.1 Å². The van der Waals surface area contributed by atoms with Crippen molar-refractivity contribution in [1.82, 2.24) is 9.78 Å². The summed E-state index contributed by atoms with van der Waals surface area (Å²) in [5, 5.41) is 4.19. The minimum absolute atomic E-state index is 0.224. The molecule has 4 heteroatoms. The van der Waals surface area contributed by atoms with Crippen molar-refractivity contribution in [1.29, 1.82) is 0 Å². The number of rotatable bonds is 2. The molecule has 0 amide bonds. The fraction of sp³-hybridized carbons (Fsp3) is 0.214. The SMILES string of the molecule is Cc1cnn(Cc2ccc(F)c(C#CCN)c2)c1. The molecule has 0 atom stereocenters. The minimum atomic E-state index is -0.323. The van der Waals surface area contributed by atoms with Crippen LogP contribution in [0.15, 0.2) is 30.6 Å². The molecule has 18 heavy (non-hydrogen) atoms. The highest BCUT2D eigenvalue weighted by molar-refractivity contribution is 5.38. The van der Waals surface area contributed by atoms with E-state index in [9.17, 15) is 4.39 Å². The highest BCUT2D eigenvalue weighted by atomic mass is 19.1. The van der Waals surface area contributed by atoms with Crippen molar-refractivity contribution in [3.05, 3.63) is 53.1 Å². The predicted octanol–water partition coefficient (Wildman–Crippen LogP) is 1.69. The van der Waals surface area contributed by atoms with Crippen LogP contribution in [0.25, 0.3) is 0 Å². The number of aryl methyl sites for hydroxylation is 1. The third kappa shape index (κ3) is 2.96. The van der Waals surface area contributed by atoms with Gasteiger partial charge in [0.1, 0.15) is 5.82 Å². The van der Waals surface area contributed by atoms with Gasteiger partial charge in [0.05, 0.1) is 24.8 Å². The zero-order chi connectivity index (χ0) is 13.0. The molecule has 2 rings (SSSR count). The number of halogens is 1. The molecule has 2 N–H and O–H groups in total. The minimum Gasteiger partial charge on any atom is -0.320 e. The Bertz CT molecular complexity index is 605. The van der Waals surface area contributed by atoms with Crippen LogP contribution in [-0.4, -0.2) is 16.3 Å². The van der Waals surface area contributed by atoms with E-state index < -0.39 is 0 Å². The van der Waals surface area contributed by atoms with E-state index >= 15 is 0 Å². The Morgan fingerprint density at radius 2 is 2.28 bits per heavy atom. The van der Waals surface area contributed by atoms with E-state index in [-0.39, 0.29) is 12.4 Å². The zero-order valence-electron chi connectivity index (χ0n) is 10.2. The van der Waals surface area contributed by atoms with Crippen LogP contribution >= 0.6 is 0 Å². The lowest BCUT2D eigenvalue weighted by molar-refractivity contribution is 0.621. The summed E-state index contributed by atoms with van der Waals surface area (Å²) in [7, 11) is 0. The van der Waals surface area contributed by atoms with Crippen molar-refractivity contribution in [2.75, 3.05) is 6.54 Å². The quantitative estimate of drug-likeness (QED) is 0.816. The lowest BCUT2D eigenvalue weighted by Gasteiger charge is -2.03. The van der Waals surface area contributed by atoms with E-state index in [1.807, 2.05) is 17.8 Å². The van der Waals surface area contributed by atoms with Gasteiger partial charge in [-0.2, -0.15) is 5.10 Å². The molecular weight excluding hydrogens is 229 g/mol. The number of hydrogen-bond acceptors (Lipinski definition) is 2. The van der Waals surface area contributed by atoms with Crippen molar-refractivity contribution >= 4 is 0 Å². The first-order valence-electron chi connectivity index (χ1n) is 5.65. The molecule has 0 saturated carbocycles. The fourth-order valence-corrected chi connectivity index (χ4v) is 1.65. The molecule has 0 unspecified atom stereocenters. The number of aromatic nitrogens is 2. The van der Waals surface area contributed by atoms with Gasteiger partial charge in [-0.15, -0.1) is 0 Å². The highest BCUT2D eigenvalue weighted by Crippen LogP contribution is 2.11. The molecular formula is C14H14FN3. The van der Waals surface area contributed by atoms with E-state index in [1.54, 1.807) is 18.3 Å². The summed E-state index contributed by atoms with van der Waals surface area (Å²) >= 11 is 0. The largest absolute Gasteiger partial charge is 0.320 e. The average molecular weight is 243 g/mol. The molecule has 1 aromatic heterocycles. The topological polar surface area (TPSA) is 43.8 Å². The maximum Gasteiger partial charge on any atom is 0.138 e. The van der Waals surface area contributed by atoms with Crippen LogP contribution in [0.1, 0.15) is 16.7 Å². The summed E-state index contributed by atoms with van der Waals surface area (Å²) in [5.74, 6) is 5.06. The Morgan fingerprint density at radius 1 is 1.44 bits per heavy atom. The number of nitrogens with two attached hydrogens (primary N) is 1. The molecule has 92 valence electrons. The Kier molecular flexibility index (Phi) is 3.75. The predicted molar refractivity (Wildman–Crippen MR) is 68.4 cm³/mol. The number of nitrogens with zero attached hydrogens (tertiary/aromatic N) is 2. The summed E-state index contributed by atoms with van der Waals surface area (Å²) in [5.41, 5.74) is 7.71. The number of benzene rings is 1. The van der Waals surface area contributed by atoms with Gasteiger partial charge in [-0.1, -0.05) is 17.9 Å². The van der Waals surface area contributed by atoms with Crippen molar-refractivity contribution < 1.29 is 4.39 Å². The van der Waals surface area contributed by atoms with Gasteiger partial charge in [0.2, 0.25) is 0 Å². The lowest BCUT2D eigenvalue weighted by atomic mass is 10.1. The lowest BCUT2D eigenvalue weighted by Crippen LogP contribution is -2.01. The maximum absolute atomic E-state index is 13.5.